The van der Waals surface area contributed by atoms with Crippen LogP contribution < -0.4 is 15.2 Å². The van der Waals surface area contributed by atoms with Crippen molar-refractivity contribution >= 4 is 10.0 Å². The van der Waals surface area contributed by atoms with Crippen molar-refractivity contribution in [3.8, 4) is 11.5 Å². The number of benzene rings is 1. The molecule has 1 fully saturated rings. The Morgan fingerprint density at radius 2 is 1.80 bits per heavy atom. The van der Waals surface area contributed by atoms with E-state index in [9.17, 15) is 8.42 Å². The van der Waals surface area contributed by atoms with Crippen molar-refractivity contribution in [2.75, 3.05) is 27.3 Å². The molecule has 6 nitrogen and oxygen atoms in total. The summed E-state index contributed by atoms with van der Waals surface area (Å²) >= 11 is 0. The van der Waals surface area contributed by atoms with Gasteiger partial charge in [-0.05, 0) is 12.8 Å². The van der Waals surface area contributed by atoms with Crippen LogP contribution in [0.3, 0.4) is 0 Å². The molecular weight excluding hydrogens is 280 g/mol. The highest BCUT2D eigenvalue weighted by atomic mass is 32.2. The Bertz CT molecular complexity index is 551. The highest BCUT2D eigenvalue weighted by Crippen LogP contribution is 2.28. The molecule has 20 heavy (non-hydrogen) atoms. The van der Waals surface area contributed by atoms with Gasteiger partial charge >= 0.3 is 0 Å². The van der Waals surface area contributed by atoms with Gasteiger partial charge in [-0.3, -0.25) is 0 Å². The minimum absolute atomic E-state index is 0.106. The summed E-state index contributed by atoms with van der Waals surface area (Å²) in [7, 11) is -0.591. The number of methoxy groups -OCH3 is 2. The zero-order valence-corrected chi connectivity index (χ0v) is 12.5. The van der Waals surface area contributed by atoms with Gasteiger partial charge in [0, 0.05) is 37.3 Å². The van der Waals surface area contributed by atoms with Crippen molar-refractivity contribution in [3.05, 3.63) is 18.2 Å². The summed E-state index contributed by atoms with van der Waals surface area (Å²) in [5, 5.41) is 0. The molecule has 0 amide bonds. The van der Waals surface area contributed by atoms with Gasteiger partial charge in [-0.1, -0.05) is 0 Å². The molecule has 1 aromatic carbocycles. The van der Waals surface area contributed by atoms with Gasteiger partial charge in [0.1, 0.15) is 11.5 Å². The normalized spacial score (nSPS) is 20.6. The molecule has 1 aliphatic heterocycles. The third-order valence-corrected chi connectivity index (χ3v) is 5.23. The van der Waals surface area contributed by atoms with E-state index in [-0.39, 0.29) is 10.9 Å². The Labute approximate surface area is 119 Å². The molecular formula is C13H20N2O4S. The number of sulfonamides is 1. The minimum atomic E-state index is -3.57. The molecule has 1 unspecified atom stereocenters. The van der Waals surface area contributed by atoms with Gasteiger partial charge in [-0.2, -0.15) is 4.31 Å². The first-order chi connectivity index (χ1) is 9.47. The lowest BCUT2D eigenvalue weighted by molar-refractivity contribution is 0.315. The predicted molar refractivity (Wildman–Crippen MR) is 75.5 cm³/mol. The van der Waals surface area contributed by atoms with Gasteiger partial charge in [-0.15, -0.1) is 0 Å². The molecule has 0 spiro atoms. The van der Waals surface area contributed by atoms with E-state index in [0.29, 0.717) is 24.6 Å². The molecule has 0 aromatic heterocycles. The second kappa shape index (κ2) is 5.99. The van der Waals surface area contributed by atoms with Gasteiger partial charge in [0.2, 0.25) is 10.0 Å². The molecule has 1 atom stereocenters. The average Bonchev–Trinajstić information content (AvgIpc) is 2.46. The van der Waals surface area contributed by atoms with Gasteiger partial charge in [0.25, 0.3) is 0 Å². The van der Waals surface area contributed by atoms with Gasteiger partial charge in [-0.25, -0.2) is 8.42 Å². The Morgan fingerprint density at radius 1 is 1.20 bits per heavy atom. The lowest BCUT2D eigenvalue weighted by Gasteiger charge is -2.30. The summed E-state index contributed by atoms with van der Waals surface area (Å²) in [5.74, 6) is 0.897. The SMILES string of the molecule is COc1cc(OC)cc(S(=O)(=O)N2CCCC(N)C2)c1. The molecule has 0 bridgehead atoms. The number of nitrogens with two attached hydrogens (primary N) is 1. The molecule has 0 aliphatic carbocycles. The van der Waals surface area contributed by atoms with Gasteiger partial charge < -0.3 is 15.2 Å². The maximum Gasteiger partial charge on any atom is 0.243 e. The molecule has 112 valence electrons. The quantitative estimate of drug-likeness (QED) is 0.890. The van der Waals surface area contributed by atoms with E-state index >= 15 is 0 Å². The van der Waals surface area contributed by atoms with Crippen molar-refractivity contribution < 1.29 is 17.9 Å². The third kappa shape index (κ3) is 3.05. The number of nitrogens with zero attached hydrogens (tertiary/aromatic N) is 1. The first kappa shape index (κ1) is 15.1. The van der Waals surface area contributed by atoms with Crippen LogP contribution in [0.1, 0.15) is 12.8 Å². The summed E-state index contributed by atoms with van der Waals surface area (Å²) < 4.78 is 36.9. The van der Waals surface area contributed by atoms with E-state index < -0.39 is 10.0 Å². The van der Waals surface area contributed by atoms with Crippen molar-refractivity contribution in [2.45, 2.75) is 23.8 Å². The fourth-order valence-corrected chi connectivity index (χ4v) is 3.86. The van der Waals surface area contributed by atoms with Crippen molar-refractivity contribution in [2.24, 2.45) is 5.73 Å². The van der Waals surface area contributed by atoms with Crippen LogP contribution in [0.15, 0.2) is 23.1 Å². The van der Waals surface area contributed by atoms with Gasteiger partial charge in [0.15, 0.2) is 0 Å². The highest BCUT2D eigenvalue weighted by molar-refractivity contribution is 7.89. The Balaban J connectivity index is 2.37. The van der Waals surface area contributed by atoms with Gasteiger partial charge in [0.05, 0.1) is 19.1 Å². The Hall–Kier alpha value is -1.31. The minimum Gasteiger partial charge on any atom is -0.497 e. The smallest absolute Gasteiger partial charge is 0.243 e. The topological polar surface area (TPSA) is 81.9 Å². The number of piperidine rings is 1. The number of rotatable bonds is 4. The number of hydrogen-bond donors (Lipinski definition) is 1. The van der Waals surface area contributed by atoms with Crippen LogP contribution in [0.2, 0.25) is 0 Å². The fourth-order valence-electron chi connectivity index (χ4n) is 2.27. The molecule has 1 heterocycles. The van der Waals surface area contributed by atoms with E-state index in [2.05, 4.69) is 0 Å². The summed E-state index contributed by atoms with van der Waals surface area (Å²) in [4.78, 5) is 0.169. The Kier molecular flexibility index (Phi) is 4.52. The standard InChI is InChI=1S/C13H20N2O4S/c1-18-11-6-12(19-2)8-13(7-11)20(16,17)15-5-3-4-10(14)9-15/h6-8,10H,3-5,9,14H2,1-2H3. The van der Waals surface area contributed by atoms with E-state index in [0.717, 1.165) is 12.8 Å². The highest BCUT2D eigenvalue weighted by Gasteiger charge is 2.29. The fraction of sp³-hybridized carbons (Fsp3) is 0.538. The lowest BCUT2D eigenvalue weighted by atomic mass is 10.1. The van der Waals surface area contributed by atoms with Crippen LogP contribution in [0.4, 0.5) is 0 Å². The second-order valence-corrected chi connectivity index (χ2v) is 6.75. The molecule has 1 aliphatic rings. The van der Waals surface area contributed by atoms with Crippen LogP contribution in [-0.2, 0) is 10.0 Å². The van der Waals surface area contributed by atoms with E-state index in [1.54, 1.807) is 6.07 Å². The van der Waals surface area contributed by atoms with Crippen LogP contribution in [0.25, 0.3) is 0 Å². The zero-order chi connectivity index (χ0) is 14.8. The van der Waals surface area contributed by atoms with Crippen LogP contribution in [0, 0.1) is 0 Å². The predicted octanol–water partition coefficient (Wildman–Crippen LogP) is 0.816. The number of ether oxygens (including phenoxy) is 2. The monoisotopic (exact) mass is 300 g/mol. The molecule has 0 saturated carbocycles. The second-order valence-electron chi connectivity index (χ2n) is 4.81. The molecule has 2 N–H and O–H groups in total. The zero-order valence-electron chi connectivity index (χ0n) is 11.7. The van der Waals surface area contributed by atoms with Crippen molar-refractivity contribution in [1.29, 1.82) is 0 Å². The third-order valence-electron chi connectivity index (χ3n) is 3.38. The molecule has 0 radical (unpaired) electrons. The molecule has 2 rings (SSSR count). The number of hydrogen-bond acceptors (Lipinski definition) is 5. The van der Waals surface area contributed by atoms with E-state index in [1.807, 2.05) is 0 Å². The van der Waals surface area contributed by atoms with E-state index in [4.69, 9.17) is 15.2 Å². The van der Waals surface area contributed by atoms with Crippen LogP contribution >= 0.6 is 0 Å². The largest absolute Gasteiger partial charge is 0.497 e. The van der Waals surface area contributed by atoms with Crippen molar-refractivity contribution in [3.63, 3.8) is 0 Å². The molecule has 1 saturated heterocycles. The summed E-state index contributed by atoms with van der Waals surface area (Å²) in [6, 6.07) is 4.53. The van der Waals surface area contributed by atoms with Crippen LogP contribution in [-0.4, -0.2) is 46.1 Å². The average molecular weight is 300 g/mol. The molecule has 7 heteroatoms. The maximum absolute atomic E-state index is 12.6. The lowest BCUT2D eigenvalue weighted by Crippen LogP contribution is -2.45. The first-order valence-corrected chi connectivity index (χ1v) is 7.90. The van der Waals surface area contributed by atoms with E-state index in [1.165, 1.54) is 30.7 Å². The summed E-state index contributed by atoms with van der Waals surface area (Å²) in [6.45, 7) is 0.845. The summed E-state index contributed by atoms with van der Waals surface area (Å²) in [5.41, 5.74) is 5.86. The maximum atomic E-state index is 12.6. The van der Waals surface area contributed by atoms with Crippen LogP contribution in [0.5, 0.6) is 11.5 Å². The summed E-state index contributed by atoms with van der Waals surface area (Å²) in [6.07, 6.45) is 1.63. The first-order valence-electron chi connectivity index (χ1n) is 6.46. The van der Waals surface area contributed by atoms with Crippen molar-refractivity contribution in [1.82, 2.24) is 4.31 Å². The Morgan fingerprint density at radius 3 is 2.30 bits per heavy atom. The molecule has 1 aromatic rings.